The van der Waals surface area contributed by atoms with Crippen LogP contribution in [0.3, 0.4) is 0 Å². The van der Waals surface area contributed by atoms with Crippen LogP contribution >= 0.6 is 11.6 Å². The average Bonchev–Trinajstić information content (AvgIpc) is 3.45. The first-order valence-corrected chi connectivity index (χ1v) is 12.2. The van der Waals surface area contributed by atoms with Crippen molar-refractivity contribution in [3.05, 3.63) is 121 Å². The van der Waals surface area contributed by atoms with E-state index in [1.54, 1.807) is 0 Å². The summed E-state index contributed by atoms with van der Waals surface area (Å²) in [5.41, 5.74) is 1.18. The van der Waals surface area contributed by atoms with Crippen molar-refractivity contribution in [2.75, 3.05) is 0 Å². The zero-order valence-corrected chi connectivity index (χ0v) is 21.8. The van der Waals surface area contributed by atoms with Gasteiger partial charge in [-0.2, -0.15) is 35.0 Å². The Morgan fingerprint density at radius 3 is 1.40 bits per heavy atom. The van der Waals surface area contributed by atoms with Crippen LogP contribution < -0.4 is 0 Å². The third kappa shape index (κ3) is 9.39. The Morgan fingerprint density at radius 2 is 1.03 bits per heavy atom. The van der Waals surface area contributed by atoms with Gasteiger partial charge in [0.25, 0.3) is 0 Å². The Morgan fingerprint density at radius 1 is 0.633 bits per heavy atom. The number of benzene rings is 3. The van der Waals surface area contributed by atoms with Gasteiger partial charge in [0, 0.05) is 15.4 Å². The van der Waals surface area contributed by atoms with Crippen LogP contribution in [0.5, 0.6) is 0 Å². The van der Waals surface area contributed by atoms with E-state index in [9.17, 15) is 0 Å². The number of rotatable bonds is 1. The molecule has 0 aromatic heterocycles. The fourth-order valence-electron chi connectivity index (χ4n) is 2.71. The van der Waals surface area contributed by atoms with E-state index in [2.05, 4.69) is 98.0 Å². The summed E-state index contributed by atoms with van der Waals surface area (Å²) >= 11 is 5.53. The van der Waals surface area contributed by atoms with Gasteiger partial charge in [0.2, 0.25) is 0 Å². The molecule has 5 aromatic carbocycles. The van der Waals surface area contributed by atoms with Crippen molar-refractivity contribution in [3.8, 4) is 0 Å². The Kier molecular flexibility index (Phi) is 14.1. The van der Waals surface area contributed by atoms with E-state index in [0.717, 1.165) is 9.52 Å². The van der Waals surface area contributed by atoms with Crippen molar-refractivity contribution in [3.63, 3.8) is 0 Å². The van der Waals surface area contributed by atoms with E-state index in [1.807, 2.05) is 30.3 Å². The van der Waals surface area contributed by atoms with Crippen LogP contribution in [0.15, 0.2) is 115 Å². The van der Waals surface area contributed by atoms with Crippen LogP contribution in [0.25, 0.3) is 21.5 Å². The predicted molar refractivity (Wildman–Crippen MR) is 133 cm³/mol. The largest absolute Gasteiger partial charge is 2.00 e. The molecule has 0 atom stereocenters. The first-order valence-electron chi connectivity index (χ1n) is 9.67. The summed E-state index contributed by atoms with van der Waals surface area (Å²) in [4.78, 5) is 0. The number of hydrogen-bond donors (Lipinski definition) is 0. The molecule has 5 rings (SSSR count). The van der Waals surface area contributed by atoms with Crippen molar-refractivity contribution in [2.24, 2.45) is 0 Å². The Bertz CT molecular complexity index is 924. The Balaban J connectivity index is 0.000000209. The molecule has 0 unspecified atom stereocenters. The maximum Gasteiger partial charge on any atom is 2.00 e. The van der Waals surface area contributed by atoms with Crippen molar-refractivity contribution >= 4 is 42.7 Å². The quantitative estimate of drug-likeness (QED) is 0.122. The van der Waals surface area contributed by atoms with Crippen molar-refractivity contribution < 1.29 is 26.2 Å². The van der Waals surface area contributed by atoms with Crippen LogP contribution in [0.4, 0.5) is 0 Å². The first kappa shape index (κ1) is 26.3. The van der Waals surface area contributed by atoms with Crippen molar-refractivity contribution in [1.82, 2.24) is 0 Å². The van der Waals surface area contributed by atoms with Gasteiger partial charge >= 0.3 is 26.2 Å². The maximum absolute atomic E-state index is 5.53. The molecule has 0 fully saturated rings. The molecule has 3 heteroatoms. The number of fused-ring (bicyclic) bond motifs is 2. The molecule has 0 amide bonds. The van der Waals surface area contributed by atoms with Gasteiger partial charge < -0.3 is 0 Å². The second-order valence-corrected chi connectivity index (χ2v) is 7.70. The average molecular weight is 506 g/mol. The van der Waals surface area contributed by atoms with E-state index in [4.69, 9.17) is 11.6 Å². The van der Waals surface area contributed by atoms with Gasteiger partial charge in [-0.15, -0.1) is 70.9 Å². The third-order valence-electron chi connectivity index (χ3n) is 4.09. The van der Waals surface area contributed by atoms with Gasteiger partial charge in [0.1, 0.15) is 0 Å². The molecule has 0 aliphatic heterocycles. The first-order chi connectivity index (χ1) is 14.3. The fourth-order valence-corrected chi connectivity index (χ4v) is 2.89. The smallest absolute Gasteiger partial charge is 0.168 e. The molecule has 0 aliphatic rings. The molecule has 0 aliphatic carbocycles. The molecule has 0 nitrogen and oxygen atoms in total. The SMILES string of the molecule is C[Si]C.ClCc1ccccc1.[Zr+2].c1ccc2[cH-]ccc2c1.c1ccc2[cH-]ccc2c1. The van der Waals surface area contributed by atoms with Gasteiger partial charge in [-0.1, -0.05) is 55.6 Å². The van der Waals surface area contributed by atoms with Crippen LogP contribution in [0, 0.1) is 0 Å². The second kappa shape index (κ2) is 16.0. The number of alkyl halides is 1. The Labute approximate surface area is 207 Å². The van der Waals surface area contributed by atoms with E-state index < -0.39 is 0 Å². The molecule has 30 heavy (non-hydrogen) atoms. The summed E-state index contributed by atoms with van der Waals surface area (Å²) in [7, 11) is 1.08. The van der Waals surface area contributed by atoms with Crippen LogP contribution in [0.1, 0.15) is 5.56 Å². The maximum atomic E-state index is 5.53. The summed E-state index contributed by atoms with van der Waals surface area (Å²) in [6.45, 7) is 4.31. The van der Waals surface area contributed by atoms with Gasteiger partial charge in [-0.05, 0) is 5.56 Å². The third-order valence-corrected chi connectivity index (χ3v) is 4.40. The summed E-state index contributed by atoms with van der Waals surface area (Å²) < 4.78 is 0. The monoisotopic (exact) mass is 504 g/mol. The predicted octanol–water partition coefficient (Wildman–Crippen LogP) is 8.33. The molecular weight excluding hydrogens is 479 g/mol. The summed E-state index contributed by atoms with van der Waals surface area (Å²) in [5, 5.41) is 5.32. The van der Waals surface area contributed by atoms with Crippen LogP contribution in [-0.4, -0.2) is 9.52 Å². The molecule has 5 aromatic rings. The minimum atomic E-state index is 0. The van der Waals surface area contributed by atoms with E-state index in [1.165, 1.54) is 27.1 Å². The second-order valence-electron chi connectivity index (χ2n) is 6.43. The van der Waals surface area contributed by atoms with Crippen molar-refractivity contribution in [2.45, 2.75) is 19.0 Å². The van der Waals surface area contributed by atoms with Gasteiger partial charge in [-0.25, -0.2) is 0 Å². The fraction of sp³-hybridized carbons (Fsp3) is 0.111. The van der Waals surface area contributed by atoms with Gasteiger partial charge in [0.15, 0.2) is 0 Å². The van der Waals surface area contributed by atoms with E-state index in [-0.39, 0.29) is 26.2 Å². The van der Waals surface area contributed by atoms with E-state index in [0.29, 0.717) is 5.88 Å². The molecule has 0 bridgehead atoms. The van der Waals surface area contributed by atoms with Crippen LogP contribution in [-0.2, 0) is 32.1 Å². The summed E-state index contributed by atoms with van der Waals surface area (Å²) in [6.07, 6.45) is 0. The molecule has 0 N–H and O–H groups in total. The Hall–Kier alpha value is -1.73. The summed E-state index contributed by atoms with van der Waals surface area (Å²) in [6, 6.07) is 39.3. The number of halogens is 1. The topological polar surface area (TPSA) is 0 Å². The summed E-state index contributed by atoms with van der Waals surface area (Å²) in [5.74, 6) is 0.612. The minimum absolute atomic E-state index is 0. The number of hydrogen-bond acceptors (Lipinski definition) is 0. The standard InChI is InChI=1S/2C9H7.C7H7Cl.C2H6Si.Zr/c2*1-2-5-9-7-3-6-8(9)4-1;8-6-7-4-2-1-3-5-7;1-3-2;/h2*1-7H;1-5H,6H2;1-2H3;/q2*-1;;;+2. The van der Waals surface area contributed by atoms with E-state index >= 15 is 0 Å². The molecule has 150 valence electrons. The minimum Gasteiger partial charge on any atom is -0.168 e. The zero-order valence-electron chi connectivity index (χ0n) is 17.6. The normalized spacial score (nSPS) is 9.17. The zero-order chi connectivity index (χ0) is 20.7. The molecule has 0 spiro atoms. The molecular formula is C27H27ClSiZr. The van der Waals surface area contributed by atoms with Crippen molar-refractivity contribution in [1.29, 1.82) is 0 Å². The van der Waals surface area contributed by atoms with Gasteiger partial charge in [-0.3, -0.25) is 0 Å². The van der Waals surface area contributed by atoms with Crippen LogP contribution in [0.2, 0.25) is 13.1 Å². The van der Waals surface area contributed by atoms with Gasteiger partial charge in [0.05, 0.1) is 0 Å². The molecule has 0 saturated carbocycles. The molecule has 0 saturated heterocycles. The molecule has 2 radical (unpaired) electrons. The molecule has 0 heterocycles.